The highest BCUT2D eigenvalue weighted by Gasteiger charge is 2.31. The van der Waals surface area contributed by atoms with Crippen LogP contribution in [0.15, 0.2) is 59.0 Å². The van der Waals surface area contributed by atoms with Gasteiger partial charge in [0.25, 0.3) is 5.56 Å². The standard InChI is InChI=1S/C28H30N2O3S/c1-28(2,3)21-10-12-22(13-11-21)33-24(31)15-30-17-29-26-25(27(30)32)23(16-34-26)20-9-8-18-6-4-5-7-19(18)14-20/h4-9,14,16-17,21-22H,10-13,15H2,1-3H3. The first kappa shape index (κ1) is 22.8. The number of rotatable bonds is 4. The van der Waals surface area contributed by atoms with Gasteiger partial charge in [-0.1, -0.05) is 57.2 Å². The third-order valence-corrected chi connectivity index (χ3v) is 8.00. The molecule has 2 aromatic heterocycles. The summed E-state index contributed by atoms with van der Waals surface area (Å²) in [6, 6.07) is 14.3. The van der Waals surface area contributed by atoms with E-state index in [1.54, 1.807) is 0 Å². The Balaban J connectivity index is 1.35. The van der Waals surface area contributed by atoms with Crippen LogP contribution in [0.5, 0.6) is 0 Å². The van der Waals surface area contributed by atoms with E-state index in [2.05, 4.69) is 50.0 Å². The van der Waals surface area contributed by atoms with Crippen LogP contribution in [0.3, 0.4) is 0 Å². The highest BCUT2D eigenvalue weighted by atomic mass is 32.1. The summed E-state index contributed by atoms with van der Waals surface area (Å²) in [5, 5.41) is 4.80. The van der Waals surface area contributed by atoms with Crippen LogP contribution in [-0.2, 0) is 16.1 Å². The number of carbonyl (C=O) groups is 1. The second kappa shape index (κ2) is 8.99. The molecule has 0 radical (unpaired) electrons. The van der Waals surface area contributed by atoms with E-state index in [0.717, 1.165) is 47.6 Å². The molecule has 2 heterocycles. The van der Waals surface area contributed by atoms with Gasteiger partial charge in [0.1, 0.15) is 17.5 Å². The number of benzene rings is 2. The van der Waals surface area contributed by atoms with E-state index in [9.17, 15) is 9.59 Å². The Morgan fingerprint density at radius 1 is 1.09 bits per heavy atom. The molecule has 5 rings (SSSR count). The van der Waals surface area contributed by atoms with Gasteiger partial charge in [0.15, 0.2) is 0 Å². The maximum Gasteiger partial charge on any atom is 0.326 e. The van der Waals surface area contributed by atoms with Gasteiger partial charge < -0.3 is 4.74 Å². The zero-order valence-corrected chi connectivity index (χ0v) is 20.7. The number of hydrogen-bond donors (Lipinski definition) is 0. The SMILES string of the molecule is CC(C)(C)C1CCC(OC(=O)Cn2cnc3scc(-c4ccc5ccccc5c4)c3c2=O)CC1. The number of fused-ring (bicyclic) bond motifs is 2. The number of aromatic nitrogens is 2. The second-order valence-electron chi connectivity index (χ2n) is 10.4. The van der Waals surface area contributed by atoms with Crippen molar-refractivity contribution in [1.82, 2.24) is 9.55 Å². The van der Waals surface area contributed by atoms with Crippen LogP contribution in [0.4, 0.5) is 0 Å². The molecule has 0 atom stereocenters. The summed E-state index contributed by atoms with van der Waals surface area (Å²) in [7, 11) is 0. The summed E-state index contributed by atoms with van der Waals surface area (Å²) in [6.45, 7) is 6.70. The molecule has 0 unspecified atom stereocenters. The van der Waals surface area contributed by atoms with Gasteiger partial charge in [0, 0.05) is 10.9 Å². The van der Waals surface area contributed by atoms with E-state index >= 15 is 0 Å². The summed E-state index contributed by atoms with van der Waals surface area (Å²) >= 11 is 1.45. The first-order valence-corrected chi connectivity index (χ1v) is 12.8. The molecule has 1 aliphatic rings. The fourth-order valence-corrected chi connectivity index (χ4v) is 5.96. The number of ether oxygens (including phenoxy) is 1. The van der Waals surface area contributed by atoms with Gasteiger partial charge in [0.05, 0.1) is 11.7 Å². The summed E-state index contributed by atoms with van der Waals surface area (Å²) < 4.78 is 7.12. The van der Waals surface area contributed by atoms with Crippen molar-refractivity contribution in [2.45, 2.75) is 59.1 Å². The minimum Gasteiger partial charge on any atom is -0.461 e. The molecule has 1 fully saturated rings. The van der Waals surface area contributed by atoms with Gasteiger partial charge in [-0.2, -0.15) is 0 Å². The number of esters is 1. The molecular weight excluding hydrogens is 444 g/mol. The summed E-state index contributed by atoms with van der Waals surface area (Å²) in [5.74, 6) is 0.286. The Bertz CT molecular complexity index is 1400. The molecular formula is C28H30N2O3S. The van der Waals surface area contributed by atoms with E-state index in [4.69, 9.17) is 4.74 Å². The molecule has 2 aromatic carbocycles. The number of thiophene rings is 1. The van der Waals surface area contributed by atoms with Crippen molar-refractivity contribution in [1.29, 1.82) is 0 Å². The van der Waals surface area contributed by atoms with Crippen LogP contribution in [-0.4, -0.2) is 21.6 Å². The monoisotopic (exact) mass is 474 g/mol. The van der Waals surface area contributed by atoms with E-state index in [1.165, 1.54) is 22.2 Å². The number of hydrogen-bond acceptors (Lipinski definition) is 5. The molecule has 34 heavy (non-hydrogen) atoms. The predicted molar refractivity (Wildman–Crippen MR) is 138 cm³/mol. The van der Waals surface area contributed by atoms with Crippen molar-refractivity contribution >= 4 is 38.3 Å². The average Bonchev–Trinajstić information content (AvgIpc) is 3.25. The normalized spacial score (nSPS) is 18.9. The third kappa shape index (κ3) is 4.51. The Kier molecular flexibility index (Phi) is 6.02. The van der Waals surface area contributed by atoms with E-state index in [1.807, 2.05) is 23.6 Å². The van der Waals surface area contributed by atoms with Gasteiger partial charge in [-0.25, -0.2) is 4.98 Å². The molecule has 0 saturated heterocycles. The smallest absolute Gasteiger partial charge is 0.326 e. The van der Waals surface area contributed by atoms with E-state index < -0.39 is 0 Å². The lowest BCUT2D eigenvalue weighted by Gasteiger charge is -2.36. The van der Waals surface area contributed by atoms with Crippen LogP contribution >= 0.6 is 11.3 Å². The first-order valence-electron chi connectivity index (χ1n) is 11.9. The molecule has 0 aliphatic heterocycles. The minimum absolute atomic E-state index is 0.0622. The van der Waals surface area contributed by atoms with E-state index in [-0.39, 0.29) is 29.6 Å². The summed E-state index contributed by atoms with van der Waals surface area (Å²) in [6.07, 6.45) is 5.31. The van der Waals surface area contributed by atoms with Crippen molar-refractivity contribution in [3.63, 3.8) is 0 Å². The van der Waals surface area contributed by atoms with Crippen LogP contribution in [0, 0.1) is 11.3 Å². The second-order valence-corrected chi connectivity index (χ2v) is 11.3. The van der Waals surface area contributed by atoms with Crippen molar-refractivity contribution in [3.05, 3.63) is 64.5 Å². The molecule has 1 saturated carbocycles. The van der Waals surface area contributed by atoms with Gasteiger partial charge in [-0.05, 0) is 59.4 Å². The highest BCUT2D eigenvalue weighted by Crippen LogP contribution is 2.38. The van der Waals surface area contributed by atoms with Crippen molar-refractivity contribution in [2.75, 3.05) is 0 Å². The molecule has 4 aromatic rings. The molecule has 5 nitrogen and oxygen atoms in total. The lowest BCUT2D eigenvalue weighted by atomic mass is 9.72. The lowest BCUT2D eigenvalue weighted by Crippen LogP contribution is -2.32. The van der Waals surface area contributed by atoms with Crippen LogP contribution in [0.1, 0.15) is 46.5 Å². The summed E-state index contributed by atoms with van der Waals surface area (Å²) in [4.78, 5) is 31.2. The van der Waals surface area contributed by atoms with Crippen molar-refractivity contribution < 1.29 is 9.53 Å². The Hall–Kier alpha value is -2.99. The molecule has 0 bridgehead atoms. The highest BCUT2D eigenvalue weighted by molar-refractivity contribution is 7.17. The maximum atomic E-state index is 13.4. The molecule has 0 spiro atoms. The molecule has 1 aliphatic carbocycles. The fraction of sp³-hybridized carbons (Fsp3) is 0.393. The Morgan fingerprint density at radius 3 is 2.56 bits per heavy atom. The van der Waals surface area contributed by atoms with Crippen LogP contribution in [0.25, 0.3) is 32.1 Å². The van der Waals surface area contributed by atoms with Gasteiger partial charge >= 0.3 is 5.97 Å². The molecule has 176 valence electrons. The molecule has 0 amide bonds. The van der Waals surface area contributed by atoms with Crippen LogP contribution in [0.2, 0.25) is 0 Å². The Labute approximate surface area is 203 Å². The van der Waals surface area contributed by atoms with Crippen molar-refractivity contribution in [2.24, 2.45) is 11.3 Å². The first-order chi connectivity index (χ1) is 16.3. The third-order valence-electron chi connectivity index (χ3n) is 7.12. The zero-order chi connectivity index (χ0) is 23.9. The van der Waals surface area contributed by atoms with Gasteiger partial charge in [0.2, 0.25) is 0 Å². The zero-order valence-electron chi connectivity index (χ0n) is 19.9. The molecule has 0 N–H and O–H groups in total. The maximum absolute atomic E-state index is 13.4. The average molecular weight is 475 g/mol. The Morgan fingerprint density at radius 2 is 1.82 bits per heavy atom. The van der Waals surface area contributed by atoms with Gasteiger partial charge in [-0.3, -0.25) is 14.2 Å². The van der Waals surface area contributed by atoms with Gasteiger partial charge in [-0.15, -0.1) is 11.3 Å². The number of carbonyl (C=O) groups excluding carboxylic acids is 1. The van der Waals surface area contributed by atoms with Crippen molar-refractivity contribution in [3.8, 4) is 11.1 Å². The topological polar surface area (TPSA) is 61.2 Å². The van der Waals surface area contributed by atoms with E-state index in [0.29, 0.717) is 16.1 Å². The minimum atomic E-state index is -0.370. The quantitative estimate of drug-likeness (QED) is 0.320. The number of nitrogens with zero attached hydrogens (tertiary/aromatic N) is 2. The predicted octanol–water partition coefficient (Wildman–Crippen LogP) is 6.43. The molecule has 6 heteroatoms. The fourth-order valence-electron chi connectivity index (χ4n) is 5.06. The largest absolute Gasteiger partial charge is 0.461 e. The summed E-state index contributed by atoms with van der Waals surface area (Å²) in [5.41, 5.74) is 1.90. The van der Waals surface area contributed by atoms with Crippen LogP contribution < -0.4 is 5.56 Å². The lowest BCUT2D eigenvalue weighted by molar-refractivity contribution is -0.152.